The number of aliphatic hydroxyl groups excluding tert-OH is 1. The molecule has 11 nitrogen and oxygen atoms in total. The number of hydrogen-bond donors (Lipinski definition) is 2. The van der Waals surface area contributed by atoms with Crippen LogP contribution in [0.2, 0.25) is 0 Å². The number of aromatic nitrogens is 2. The Morgan fingerprint density at radius 3 is 2.40 bits per heavy atom. The van der Waals surface area contributed by atoms with Crippen LogP contribution in [0.1, 0.15) is 57.6 Å². The first-order valence-electron chi connectivity index (χ1n) is 13.5. The van der Waals surface area contributed by atoms with Crippen LogP contribution in [0.15, 0.2) is 49.1 Å². The number of pyridine rings is 2. The molecule has 0 bridgehead atoms. The van der Waals surface area contributed by atoms with Gasteiger partial charge in [0.05, 0.1) is 18.0 Å². The Balaban J connectivity index is 0.000000639. The van der Waals surface area contributed by atoms with Crippen LogP contribution in [-0.2, 0) is 39.4 Å². The van der Waals surface area contributed by atoms with E-state index in [1.54, 1.807) is 59.9 Å². The molecule has 3 rings (SSSR count). The van der Waals surface area contributed by atoms with Gasteiger partial charge in [0.1, 0.15) is 19.8 Å². The first-order chi connectivity index (χ1) is 20.1. The number of amides is 1. The number of nitrogens with one attached hydrogen (secondary N) is 1. The zero-order valence-electron chi connectivity index (χ0n) is 24.9. The fourth-order valence-corrected chi connectivity index (χ4v) is 5.54. The maximum atomic E-state index is 12.3. The molecule has 1 aliphatic rings. The third-order valence-corrected chi connectivity index (χ3v) is 7.11. The lowest BCUT2D eigenvalue weighted by Gasteiger charge is -2.45. The number of carbonyl (C=O) groups is 1. The highest BCUT2D eigenvalue weighted by Crippen LogP contribution is 2.46. The predicted octanol–water partition coefficient (Wildman–Crippen LogP) is 5.16. The van der Waals surface area contributed by atoms with Crippen molar-refractivity contribution >= 4 is 64.1 Å². The van der Waals surface area contributed by atoms with Gasteiger partial charge in [0.25, 0.3) is 6.26 Å². The summed E-state index contributed by atoms with van der Waals surface area (Å²) in [4.78, 5) is 16.1. The summed E-state index contributed by atoms with van der Waals surface area (Å²) >= 11 is 4.12. The highest BCUT2D eigenvalue weighted by molar-refractivity contribution is 14.3. The smallest absolute Gasteiger partial charge is 0.407 e. The van der Waals surface area contributed by atoms with Gasteiger partial charge in [-0.05, 0) is 86.5 Å². The summed E-state index contributed by atoms with van der Waals surface area (Å²) in [7, 11) is -4.20. The standard InChI is InChI=1S/C21H31N3O6S.C6H7NO.HI2P/c1-20(2)11-18(12-21(3,14-20)15-29-16-22)23-19(25)30-13-17-5-8-24(9-6-17)7-4-10-31(26,27)28;8-5-6-1-3-7-4-2-6;1-3-2/h5-6,8-9,18H,4,7,10-15H2,1-3H3,(H-,23,25,26,27,28);1-4,8H,5H2;3H/i;;3D. The van der Waals surface area contributed by atoms with E-state index in [4.69, 9.17) is 21.1 Å². The maximum absolute atomic E-state index is 12.3. The van der Waals surface area contributed by atoms with Gasteiger partial charge in [-0.2, -0.15) is 5.26 Å². The molecule has 1 amide bonds. The molecule has 2 unspecified atom stereocenters. The van der Waals surface area contributed by atoms with Crippen LogP contribution in [0, 0.1) is 22.3 Å². The third-order valence-electron chi connectivity index (χ3n) is 6.32. The number of nitrogens with zero attached hydrogens (tertiary/aromatic N) is 3. The minimum Gasteiger partial charge on any atom is -0.748 e. The van der Waals surface area contributed by atoms with Crippen LogP contribution in [0.4, 0.5) is 4.79 Å². The Hall–Kier alpha value is -1.38. The van der Waals surface area contributed by atoms with E-state index in [2.05, 4.69) is 75.2 Å². The Morgan fingerprint density at radius 2 is 1.88 bits per heavy atom. The van der Waals surface area contributed by atoms with Gasteiger partial charge in [0, 0.05) is 57.5 Å². The minimum absolute atomic E-state index is 0.00222. The average molecular weight is 849 g/mol. The molecule has 2 aromatic rings. The molecule has 0 spiro atoms. The number of aryl methyl sites for hydroxylation is 1. The van der Waals surface area contributed by atoms with E-state index in [1.165, 1.54) is 0 Å². The molecule has 2 aromatic heterocycles. The van der Waals surface area contributed by atoms with Gasteiger partial charge < -0.3 is 24.4 Å². The zero-order chi connectivity index (χ0) is 32.5. The highest BCUT2D eigenvalue weighted by atomic mass is 127. The second-order valence-corrected chi connectivity index (χ2v) is 21.1. The van der Waals surface area contributed by atoms with E-state index in [0.29, 0.717) is 19.6 Å². The van der Waals surface area contributed by atoms with Gasteiger partial charge in [-0.1, -0.05) is 20.8 Å². The third kappa shape index (κ3) is 17.7. The Bertz CT molecular complexity index is 1250. The van der Waals surface area contributed by atoms with Crippen molar-refractivity contribution in [2.24, 2.45) is 10.8 Å². The summed E-state index contributed by atoms with van der Waals surface area (Å²) in [5, 5.41) is 20.2. The molecule has 15 heteroatoms. The summed E-state index contributed by atoms with van der Waals surface area (Å²) < 4.78 is 50.2. The molecule has 234 valence electrons. The van der Waals surface area contributed by atoms with Gasteiger partial charge in [-0.15, -0.1) is 0 Å². The van der Waals surface area contributed by atoms with E-state index < -0.39 is 25.8 Å². The van der Waals surface area contributed by atoms with Gasteiger partial charge in [-0.25, -0.2) is 17.8 Å². The molecule has 42 heavy (non-hydrogen) atoms. The summed E-state index contributed by atoms with van der Waals surface area (Å²) in [6.07, 6.45) is 10.7. The van der Waals surface area contributed by atoms with Crippen LogP contribution in [0.25, 0.3) is 0 Å². The SMILES string of the molecule is CC1(C)CC(NC(=O)OCc2cc[n+](CCCS(=O)(=O)[O-])cc2)CC(C)(COC#N)C1.OCc1ccncc1.[2H]P(I)I. The molecule has 0 saturated heterocycles. The number of rotatable bonds is 10. The van der Waals surface area contributed by atoms with E-state index >= 15 is 0 Å². The lowest BCUT2D eigenvalue weighted by Crippen LogP contribution is -2.48. The number of alkyl carbamates (subject to hydrolysis) is 1. The molecule has 2 N–H and O–H groups in total. The molecule has 0 radical (unpaired) electrons. The van der Waals surface area contributed by atoms with Crippen LogP contribution in [-0.4, -0.2) is 48.8 Å². The van der Waals surface area contributed by atoms with Crippen LogP contribution in [0.5, 0.6) is 0 Å². The largest absolute Gasteiger partial charge is 0.748 e. The molecule has 1 fully saturated rings. The van der Waals surface area contributed by atoms with Crippen molar-refractivity contribution < 1.29 is 36.9 Å². The molecule has 1 aliphatic carbocycles. The van der Waals surface area contributed by atoms with Gasteiger partial charge in [-0.3, -0.25) is 4.98 Å². The number of hydrogen-bond acceptors (Lipinski definition) is 9. The molecular formula is C27H39I2N4O7PS. The van der Waals surface area contributed by atoms with Gasteiger partial charge >= 0.3 is 6.09 Å². The molecule has 0 aromatic carbocycles. The van der Waals surface area contributed by atoms with Crippen LogP contribution in [0.3, 0.4) is 0 Å². The van der Waals surface area contributed by atoms with E-state index in [9.17, 15) is 17.8 Å². The monoisotopic (exact) mass is 849 g/mol. The Labute approximate surface area is 278 Å². The topological polar surface area (TPSA) is 166 Å². The van der Waals surface area contributed by atoms with Crippen LogP contribution < -0.4 is 9.88 Å². The first kappa shape index (κ1) is 36.8. The highest BCUT2D eigenvalue weighted by Gasteiger charge is 2.42. The lowest BCUT2D eigenvalue weighted by molar-refractivity contribution is -0.696. The second kappa shape index (κ2) is 19.8. The fraction of sp³-hybridized carbons (Fsp3) is 0.556. The van der Waals surface area contributed by atoms with E-state index in [1.807, 2.05) is 0 Å². The number of halogens is 2. The van der Waals surface area contributed by atoms with Crippen LogP contribution >= 0.6 is 47.9 Å². The van der Waals surface area contributed by atoms with Gasteiger partial charge in [0.2, 0.25) is 0 Å². The number of ether oxygens (including phenoxy) is 2. The number of aliphatic hydroxyl groups is 1. The normalized spacial score (nSPS) is 19.5. The molecule has 0 aliphatic heterocycles. The fourth-order valence-electron chi connectivity index (χ4n) is 5.06. The summed E-state index contributed by atoms with van der Waals surface area (Å²) in [6, 6.07) is 7.04. The average Bonchev–Trinajstić information content (AvgIpc) is 2.90. The predicted molar refractivity (Wildman–Crippen MR) is 177 cm³/mol. The zero-order valence-corrected chi connectivity index (χ0v) is 29.9. The van der Waals surface area contributed by atoms with E-state index in [0.717, 1.165) is 24.0 Å². The number of carbonyl (C=O) groups excluding carboxylic acids is 1. The van der Waals surface area contributed by atoms with Crippen molar-refractivity contribution in [2.45, 2.75) is 72.3 Å². The number of nitriles is 1. The van der Waals surface area contributed by atoms with Crippen molar-refractivity contribution in [3.05, 3.63) is 60.2 Å². The molecule has 2 atom stereocenters. The Morgan fingerprint density at radius 1 is 1.26 bits per heavy atom. The summed E-state index contributed by atoms with van der Waals surface area (Å²) in [5.41, 5.74) is 1.50. The quantitative estimate of drug-likeness (QED) is 0.108. The van der Waals surface area contributed by atoms with Crippen molar-refractivity contribution in [2.75, 3.05) is 12.4 Å². The van der Waals surface area contributed by atoms with Crippen molar-refractivity contribution in [1.82, 2.24) is 10.3 Å². The first-order valence-corrected chi connectivity index (χ1v) is 21.1. The molecule has 1 saturated carbocycles. The lowest BCUT2D eigenvalue weighted by atomic mass is 9.63. The molecule has 2 heterocycles. The van der Waals surface area contributed by atoms with E-state index in [-0.39, 0.29) is 36.5 Å². The second-order valence-electron chi connectivity index (χ2n) is 11.0. The Kier molecular flexibility index (Phi) is 17.4. The molecular weight excluding hydrogens is 809 g/mol. The van der Waals surface area contributed by atoms with Crippen molar-refractivity contribution in [1.29, 1.82) is 6.54 Å². The summed E-state index contributed by atoms with van der Waals surface area (Å²) in [5.74, 6) is -0.398. The summed E-state index contributed by atoms with van der Waals surface area (Å²) in [6.45, 7) is 7.29. The van der Waals surface area contributed by atoms with Gasteiger partial charge in [0.15, 0.2) is 12.4 Å². The van der Waals surface area contributed by atoms with Crippen molar-refractivity contribution in [3.8, 4) is 6.26 Å². The van der Waals surface area contributed by atoms with Crippen molar-refractivity contribution in [3.63, 3.8) is 0 Å². The maximum Gasteiger partial charge on any atom is 0.407 e. The minimum atomic E-state index is -4.20.